The Hall–Kier alpha value is -0.990. The van der Waals surface area contributed by atoms with Crippen LogP contribution in [0.2, 0.25) is 5.02 Å². The van der Waals surface area contributed by atoms with Crippen molar-refractivity contribution < 1.29 is 4.42 Å². The molecular weight excluding hydrogens is 246 g/mol. The Bertz CT molecular complexity index is 545. The van der Waals surface area contributed by atoms with Gasteiger partial charge in [0.25, 0.3) is 0 Å². The van der Waals surface area contributed by atoms with Crippen LogP contribution in [-0.2, 0) is 6.42 Å². The van der Waals surface area contributed by atoms with Crippen LogP contribution in [0, 0.1) is 13.8 Å². The Morgan fingerprint density at radius 2 is 2.06 bits per heavy atom. The molecule has 0 spiro atoms. The van der Waals surface area contributed by atoms with Crippen molar-refractivity contribution in [2.45, 2.75) is 33.6 Å². The van der Waals surface area contributed by atoms with Crippen LogP contribution in [0.4, 0.5) is 0 Å². The lowest BCUT2D eigenvalue weighted by Gasteiger charge is -2.06. The van der Waals surface area contributed by atoms with Crippen LogP contribution in [0.1, 0.15) is 30.0 Å². The van der Waals surface area contributed by atoms with Gasteiger partial charge in [0.1, 0.15) is 5.58 Å². The summed E-state index contributed by atoms with van der Waals surface area (Å²) in [5, 5.41) is 5.45. The predicted octanol–water partition coefficient (Wildman–Crippen LogP) is 4.25. The Labute approximate surface area is 113 Å². The zero-order chi connectivity index (χ0) is 13.1. The first-order valence-corrected chi connectivity index (χ1v) is 6.89. The Morgan fingerprint density at radius 1 is 1.28 bits per heavy atom. The summed E-state index contributed by atoms with van der Waals surface area (Å²) >= 11 is 6.31. The average Bonchev–Trinajstić information content (AvgIpc) is 2.75. The number of nitrogens with one attached hydrogen (secondary N) is 1. The predicted molar refractivity (Wildman–Crippen MR) is 77.6 cm³/mol. The Morgan fingerprint density at radius 3 is 2.78 bits per heavy atom. The number of halogens is 1. The largest absolute Gasteiger partial charge is 0.464 e. The van der Waals surface area contributed by atoms with Crippen molar-refractivity contribution in [1.82, 2.24) is 5.32 Å². The molecule has 0 unspecified atom stereocenters. The third-order valence-corrected chi connectivity index (χ3v) is 3.87. The first-order valence-electron chi connectivity index (χ1n) is 6.51. The smallest absolute Gasteiger partial charge is 0.134 e. The molecule has 0 atom stereocenters. The van der Waals surface area contributed by atoms with Gasteiger partial charge in [-0.3, -0.25) is 0 Å². The molecule has 0 aliphatic rings. The van der Waals surface area contributed by atoms with Crippen LogP contribution in [0.25, 0.3) is 11.0 Å². The average molecular weight is 266 g/mol. The van der Waals surface area contributed by atoms with Crippen LogP contribution in [0.5, 0.6) is 0 Å². The van der Waals surface area contributed by atoms with E-state index in [-0.39, 0.29) is 0 Å². The van der Waals surface area contributed by atoms with Gasteiger partial charge >= 0.3 is 0 Å². The molecule has 0 bridgehead atoms. The van der Waals surface area contributed by atoms with Gasteiger partial charge in [0.05, 0.1) is 6.26 Å². The maximum Gasteiger partial charge on any atom is 0.134 e. The molecule has 2 aromatic rings. The Balaban J connectivity index is 2.27. The number of benzene rings is 1. The van der Waals surface area contributed by atoms with E-state index in [1.807, 2.05) is 19.3 Å². The van der Waals surface area contributed by atoms with Crippen molar-refractivity contribution in [1.29, 1.82) is 0 Å². The van der Waals surface area contributed by atoms with Crippen molar-refractivity contribution in [3.63, 3.8) is 0 Å². The van der Waals surface area contributed by atoms with Gasteiger partial charge in [0, 0.05) is 10.4 Å². The summed E-state index contributed by atoms with van der Waals surface area (Å²) in [4.78, 5) is 0. The normalized spacial score (nSPS) is 11.3. The summed E-state index contributed by atoms with van der Waals surface area (Å²) in [6, 6.07) is 2.02. The summed E-state index contributed by atoms with van der Waals surface area (Å²) < 4.78 is 5.64. The maximum atomic E-state index is 6.31. The highest BCUT2D eigenvalue weighted by Crippen LogP contribution is 2.32. The van der Waals surface area contributed by atoms with Crippen molar-refractivity contribution in [2.75, 3.05) is 13.1 Å². The first kappa shape index (κ1) is 13.4. The van der Waals surface area contributed by atoms with E-state index in [1.54, 1.807) is 0 Å². The second-order valence-corrected chi connectivity index (χ2v) is 5.14. The number of hydrogen-bond donors (Lipinski definition) is 1. The summed E-state index contributed by atoms with van der Waals surface area (Å²) in [5.74, 6) is 0. The molecule has 3 heteroatoms. The molecule has 0 aliphatic heterocycles. The van der Waals surface area contributed by atoms with Crippen LogP contribution in [0.15, 0.2) is 16.7 Å². The molecule has 1 heterocycles. The fourth-order valence-corrected chi connectivity index (χ4v) is 2.47. The van der Waals surface area contributed by atoms with Gasteiger partial charge in [-0.05, 0) is 62.5 Å². The Kier molecular flexibility index (Phi) is 4.31. The molecule has 0 amide bonds. The number of furan rings is 1. The van der Waals surface area contributed by atoms with Gasteiger partial charge in [0.15, 0.2) is 0 Å². The molecule has 1 N–H and O–H groups in total. The molecule has 0 fully saturated rings. The molecule has 1 aromatic heterocycles. The van der Waals surface area contributed by atoms with Gasteiger partial charge in [-0.2, -0.15) is 0 Å². The lowest BCUT2D eigenvalue weighted by Crippen LogP contribution is -2.17. The highest BCUT2D eigenvalue weighted by atomic mass is 35.5. The lowest BCUT2D eigenvalue weighted by atomic mass is 10.0. The van der Waals surface area contributed by atoms with E-state index in [9.17, 15) is 0 Å². The first-order chi connectivity index (χ1) is 8.65. The van der Waals surface area contributed by atoms with Crippen LogP contribution < -0.4 is 5.32 Å². The fourth-order valence-electron chi connectivity index (χ4n) is 2.32. The highest BCUT2D eigenvalue weighted by molar-refractivity contribution is 6.33. The SMILES string of the molecule is CCCNCCc1coc2cc(C)c(Cl)c(C)c12. The minimum Gasteiger partial charge on any atom is -0.464 e. The van der Waals surface area contributed by atoms with E-state index < -0.39 is 0 Å². The highest BCUT2D eigenvalue weighted by Gasteiger charge is 2.12. The van der Waals surface area contributed by atoms with Crippen molar-refractivity contribution in [3.05, 3.63) is 34.0 Å². The van der Waals surface area contributed by atoms with Gasteiger partial charge in [-0.1, -0.05) is 18.5 Å². The summed E-state index contributed by atoms with van der Waals surface area (Å²) in [6.45, 7) is 8.30. The van der Waals surface area contributed by atoms with Crippen molar-refractivity contribution in [2.24, 2.45) is 0 Å². The standard InChI is InChI=1S/C15H20ClNO/c1-4-6-17-7-5-12-9-18-13-8-10(2)15(16)11(3)14(12)13/h8-9,17H,4-7H2,1-3H3. The van der Waals surface area contributed by atoms with E-state index in [0.717, 1.165) is 47.7 Å². The van der Waals surface area contributed by atoms with E-state index >= 15 is 0 Å². The quantitative estimate of drug-likeness (QED) is 0.818. The minimum atomic E-state index is 0.853. The second kappa shape index (κ2) is 5.77. The van der Waals surface area contributed by atoms with Crippen molar-refractivity contribution in [3.8, 4) is 0 Å². The molecule has 1 aromatic carbocycles. The third kappa shape index (κ3) is 2.55. The van der Waals surface area contributed by atoms with Gasteiger partial charge in [-0.15, -0.1) is 0 Å². The molecule has 18 heavy (non-hydrogen) atoms. The zero-order valence-corrected chi connectivity index (χ0v) is 12.0. The van der Waals surface area contributed by atoms with E-state index in [4.69, 9.17) is 16.0 Å². The summed E-state index contributed by atoms with van der Waals surface area (Å²) in [6.07, 6.45) is 4.00. The van der Waals surface area contributed by atoms with E-state index in [2.05, 4.69) is 19.2 Å². The molecule has 0 saturated carbocycles. The second-order valence-electron chi connectivity index (χ2n) is 4.77. The van der Waals surface area contributed by atoms with Gasteiger partial charge in [0.2, 0.25) is 0 Å². The molecule has 98 valence electrons. The lowest BCUT2D eigenvalue weighted by molar-refractivity contribution is 0.605. The van der Waals surface area contributed by atoms with Gasteiger partial charge in [-0.25, -0.2) is 0 Å². The minimum absolute atomic E-state index is 0.853. The zero-order valence-electron chi connectivity index (χ0n) is 11.3. The summed E-state index contributed by atoms with van der Waals surface area (Å²) in [5.41, 5.74) is 4.39. The number of hydrogen-bond acceptors (Lipinski definition) is 2. The maximum absolute atomic E-state index is 6.31. The molecular formula is C15H20ClNO. The van der Waals surface area contributed by atoms with Crippen LogP contribution in [0.3, 0.4) is 0 Å². The van der Waals surface area contributed by atoms with Crippen LogP contribution in [-0.4, -0.2) is 13.1 Å². The van der Waals surface area contributed by atoms with Gasteiger partial charge < -0.3 is 9.73 Å². The van der Waals surface area contributed by atoms with E-state index in [0.29, 0.717) is 0 Å². The number of fused-ring (bicyclic) bond motifs is 1. The monoisotopic (exact) mass is 265 g/mol. The molecule has 2 nitrogen and oxygen atoms in total. The molecule has 0 aliphatic carbocycles. The number of aryl methyl sites for hydroxylation is 2. The molecule has 2 rings (SSSR count). The van der Waals surface area contributed by atoms with Crippen LogP contribution >= 0.6 is 11.6 Å². The summed E-state index contributed by atoms with van der Waals surface area (Å²) in [7, 11) is 0. The van der Waals surface area contributed by atoms with Crippen molar-refractivity contribution >= 4 is 22.6 Å². The number of rotatable bonds is 5. The topological polar surface area (TPSA) is 25.2 Å². The third-order valence-electron chi connectivity index (χ3n) is 3.29. The molecule has 0 saturated heterocycles. The molecule has 0 radical (unpaired) electrons. The van der Waals surface area contributed by atoms with E-state index in [1.165, 1.54) is 10.9 Å². The fraction of sp³-hybridized carbons (Fsp3) is 0.467.